The maximum absolute atomic E-state index is 12.5. The van der Waals surface area contributed by atoms with Crippen molar-refractivity contribution in [1.29, 1.82) is 0 Å². The van der Waals surface area contributed by atoms with Crippen LogP contribution in [0.1, 0.15) is 10.4 Å². The average molecular weight is 366 g/mol. The summed E-state index contributed by atoms with van der Waals surface area (Å²) in [6.45, 7) is -2.99. The third kappa shape index (κ3) is 3.89. The Labute approximate surface area is 145 Å². The number of halogens is 3. The zero-order valence-corrected chi connectivity index (χ0v) is 13.2. The first-order chi connectivity index (χ1) is 12.0. The quantitative estimate of drug-likeness (QED) is 0.751. The van der Waals surface area contributed by atoms with E-state index in [0.717, 1.165) is 0 Å². The van der Waals surface area contributed by atoms with Crippen LogP contribution in [0.25, 0.3) is 5.69 Å². The smallest absolute Gasteiger partial charge is 0.387 e. The molecular formula is C15H10ClF2N5O2. The van der Waals surface area contributed by atoms with Gasteiger partial charge in [0, 0.05) is 5.69 Å². The van der Waals surface area contributed by atoms with Crippen LogP contribution in [0, 0.1) is 0 Å². The minimum absolute atomic E-state index is 0.0492. The van der Waals surface area contributed by atoms with Gasteiger partial charge >= 0.3 is 6.61 Å². The normalized spacial score (nSPS) is 10.7. The molecule has 7 nitrogen and oxygen atoms in total. The minimum Gasteiger partial charge on any atom is -0.433 e. The average Bonchev–Trinajstić information content (AvgIpc) is 3.11. The highest BCUT2D eigenvalue weighted by Gasteiger charge is 2.15. The molecule has 0 spiro atoms. The summed E-state index contributed by atoms with van der Waals surface area (Å²) in [7, 11) is 0. The van der Waals surface area contributed by atoms with Gasteiger partial charge in [-0.25, -0.2) is 0 Å². The third-order valence-corrected chi connectivity index (χ3v) is 3.45. The lowest BCUT2D eigenvalue weighted by Crippen LogP contribution is -2.15. The molecule has 10 heteroatoms. The Kier molecular flexibility index (Phi) is 4.85. The van der Waals surface area contributed by atoms with Crippen LogP contribution in [0.15, 0.2) is 48.8 Å². The summed E-state index contributed by atoms with van der Waals surface area (Å²) in [6, 6.07) is 10.7. The predicted molar refractivity (Wildman–Crippen MR) is 85.2 cm³/mol. The third-order valence-electron chi connectivity index (χ3n) is 3.15. The SMILES string of the molecule is O=C(Nc1ccc(OC(F)F)c(Cl)c1)c1ccccc1-n1cnnn1. The molecule has 1 N–H and O–H groups in total. The predicted octanol–water partition coefficient (Wildman–Crippen LogP) is 3.17. The van der Waals surface area contributed by atoms with Gasteiger partial charge in [-0.3, -0.25) is 4.79 Å². The molecule has 1 aromatic heterocycles. The van der Waals surface area contributed by atoms with E-state index in [1.807, 2.05) is 0 Å². The van der Waals surface area contributed by atoms with Crippen molar-refractivity contribution < 1.29 is 18.3 Å². The topological polar surface area (TPSA) is 81.9 Å². The highest BCUT2D eigenvalue weighted by molar-refractivity contribution is 6.32. The Balaban J connectivity index is 1.83. The number of aromatic nitrogens is 4. The zero-order valence-electron chi connectivity index (χ0n) is 12.4. The molecule has 0 radical (unpaired) electrons. The van der Waals surface area contributed by atoms with Gasteiger partial charge in [0.15, 0.2) is 0 Å². The van der Waals surface area contributed by atoms with Crippen LogP contribution in [-0.2, 0) is 0 Å². The van der Waals surface area contributed by atoms with Crippen LogP contribution in [0.3, 0.4) is 0 Å². The number of nitrogens with one attached hydrogen (secondary N) is 1. The summed E-state index contributed by atoms with van der Waals surface area (Å²) in [5.41, 5.74) is 1.12. The molecule has 3 aromatic rings. The number of alkyl halides is 2. The van der Waals surface area contributed by atoms with Crippen molar-refractivity contribution in [3.63, 3.8) is 0 Å². The van der Waals surface area contributed by atoms with E-state index in [1.54, 1.807) is 24.3 Å². The van der Waals surface area contributed by atoms with Crippen molar-refractivity contribution in [2.75, 3.05) is 5.32 Å². The molecule has 0 aliphatic rings. The van der Waals surface area contributed by atoms with Crippen molar-refractivity contribution in [3.05, 3.63) is 59.4 Å². The van der Waals surface area contributed by atoms with Crippen molar-refractivity contribution in [2.24, 2.45) is 0 Å². The summed E-state index contributed by atoms with van der Waals surface area (Å²) in [4.78, 5) is 12.5. The molecule has 0 saturated heterocycles. The van der Waals surface area contributed by atoms with Crippen LogP contribution in [0.2, 0.25) is 5.02 Å². The molecular weight excluding hydrogens is 356 g/mol. The van der Waals surface area contributed by atoms with Gasteiger partial charge in [0.1, 0.15) is 12.1 Å². The van der Waals surface area contributed by atoms with Crippen LogP contribution < -0.4 is 10.1 Å². The van der Waals surface area contributed by atoms with Gasteiger partial charge in [-0.15, -0.1) is 5.10 Å². The maximum atomic E-state index is 12.5. The maximum Gasteiger partial charge on any atom is 0.387 e. The van der Waals surface area contributed by atoms with E-state index in [2.05, 4.69) is 25.6 Å². The number of nitrogens with zero attached hydrogens (tertiary/aromatic N) is 4. The fraction of sp³-hybridized carbons (Fsp3) is 0.0667. The Morgan fingerprint density at radius 1 is 1.24 bits per heavy atom. The molecule has 128 valence electrons. The number of hydrogen-bond donors (Lipinski definition) is 1. The van der Waals surface area contributed by atoms with Gasteiger partial charge in [0.2, 0.25) is 0 Å². The lowest BCUT2D eigenvalue weighted by atomic mass is 10.1. The molecule has 25 heavy (non-hydrogen) atoms. The second-order valence-electron chi connectivity index (χ2n) is 4.75. The van der Waals surface area contributed by atoms with E-state index in [0.29, 0.717) is 16.9 Å². The number of rotatable bonds is 5. The van der Waals surface area contributed by atoms with Gasteiger partial charge in [-0.2, -0.15) is 13.5 Å². The molecule has 0 bridgehead atoms. The molecule has 0 fully saturated rings. The van der Waals surface area contributed by atoms with E-state index in [9.17, 15) is 13.6 Å². The van der Waals surface area contributed by atoms with Gasteiger partial charge in [0.05, 0.1) is 16.3 Å². The summed E-state index contributed by atoms with van der Waals surface area (Å²) in [5, 5.41) is 13.4. The van der Waals surface area contributed by atoms with Gasteiger partial charge in [0.25, 0.3) is 5.91 Å². The fourth-order valence-electron chi connectivity index (χ4n) is 2.11. The molecule has 1 heterocycles. The first kappa shape index (κ1) is 16.8. The second kappa shape index (κ2) is 7.22. The van der Waals surface area contributed by atoms with Crippen molar-refractivity contribution >= 4 is 23.2 Å². The minimum atomic E-state index is -2.99. The molecule has 0 unspecified atom stereocenters. The van der Waals surface area contributed by atoms with Gasteiger partial charge < -0.3 is 10.1 Å². The highest BCUT2D eigenvalue weighted by Crippen LogP contribution is 2.29. The van der Waals surface area contributed by atoms with Crippen LogP contribution in [0.5, 0.6) is 5.75 Å². The number of ether oxygens (including phenoxy) is 1. The first-order valence-corrected chi connectivity index (χ1v) is 7.30. The van der Waals surface area contributed by atoms with E-state index in [1.165, 1.54) is 29.2 Å². The fourth-order valence-corrected chi connectivity index (χ4v) is 2.33. The summed E-state index contributed by atoms with van der Waals surface area (Å²) >= 11 is 5.88. The zero-order chi connectivity index (χ0) is 17.8. The molecule has 0 aliphatic carbocycles. The number of tetrazole rings is 1. The molecule has 1 amide bonds. The van der Waals surface area contributed by atoms with E-state index >= 15 is 0 Å². The number of benzene rings is 2. The highest BCUT2D eigenvalue weighted by atomic mass is 35.5. The standard InChI is InChI=1S/C15H10ClF2N5O2/c16-11-7-9(5-6-13(11)25-15(17)18)20-14(24)10-3-1-2-4-12(10)23-8-19-21-22-23/h1-8,15H,(H,20,24). The lowest BCUT2D eigenvalue weighted by molar-refractivity contribution is -0.0497. The Morgan fingerprint density at radius 2 is 2.04 bits per heavy atom. The first-order valence-electron chi connectivity index (χ1n) is 6.92. The Hall–Kier alpha value is -3.07. The summed E-state index contributed by atoms with van der Waals surface area (Å²) < 4.78 is 30.1. The number of carbonyl (C=O) groups is 1. The van der Waals surface area contributed by atoms with Gasteiger partial charge in [-0.05, 0) is 40.8 Å². The molecule has 3 rings (SSSR count). The van der Waals surface area contributed by atoms with Crippen LogP contribution >= 0.6 is 11.6 Å². The van der Waals surface area contributed by atoms with Crippen LogP contribution in [-0.4, -0.2) is 32.7 Å². The summed E-state index contributed by atoms with van der Waals surface area (Å²) in [5.74, 6) is -0.617. The molecule has 0 aliphatic heterocycles. The second-order valence-corrected chi connectivity index (χ2v) is 5.16. The van der Waals surface area contributed by atoms with Gasteiger partial charge in [-0.1, -0.05) is 23.7 Å². The number of para-hydroxylation sites is 1. The molecule has 2 aromatic carbocycles. The van der Waals surface area contributed by atoms with Crippen LogP contribution in [0.4, 0.5) is 14.5 Å². The molecule has 0 atom stereocenters. The van der Waals surface area contributed by atoms with E-state index in [-0.39, 0.29) is 10.8 Å². The molecule has 0 saturated carbocycles. The summed E-state index contributed by atoms with van der Waals surface area (Å²) in [6.07, 6.45) is 1.36. The number of amides is 1. The van der Waals surface area contributed by atoms with E-state index in [4.69, 9.17) is 11.6 Å². The van der Waals surface area contributed by atoms with Crippen molar-refractivity contribution in [3.8, 4) is 11.4 Å². The van der Waals surface area contributed by atoms with Crippen molar-refractivity contribution in [2.45, 2.75) is 6.61 Å². The van der Waals surface area contributed by atoms with Crippen molar-refractivity contribution in [1.82, 2.24) is 20.2 Å². The Morgan fingerprint density at radius 3 is 2.72 bits per heavy atom. The number of carbonyl (C=O) groups excluding carboxylic acids is 1. The largest absolute Gasteiger partial charge is 0.433 e. The number of anilines is 1. The number of hydrogen-bond acceptors (Lipinski definition) is 5. The lowest BCUT2D eigenvalue weighted by Gasteiger charge is -2.11. The monoisotopic (exact) mass is 365 g/mol. The Bertz CT molecular complexity index is 889. The van der Waals surface area contributed by atoms with E-state index < -0.39 is 12.5 Å².